The average Bonchev–Trinajstić information content (AvgIpc) is 2.82. The van der Waals surface area contributed by atoms with Gasteiger partial charge in [0.25, 0.3) is 0 Å². The SMILES string of the molecule is CC(C)(C)CCN1CCC2(CCN(C(C)(C)C)C2)C1. The van der Waals surface area contributed by atoms with Gasteiger partial charge in [0.15, 0.2) is 0 Å². The van der Waals surface area contributed by atoms with E-state index in [1.165, 1.54) is 52.0 Å². The smallest absolute Gasteiger partial charge is 0.0125 e. The molecule has 0 aromatic carbocycles. The summed E-state index contributed by atoms with van der Waals surface area (Å²) >= 11 is 0. The molecule has 0 bridgehead atoms. The van der Waals surface area contributed by atoms with Gasteiger partial charge in [0.05, 0.1) is 0 Å². The highest BCUT2D eigenvalue weighted by Gasteiger charge is 2.45. The van der Waals surface area contributed by atoms with Crippen molar-refractivity contribution in [2.45, 2.75) is 66.3 Å². The molecule has 2 nitrogen and oxygen atoms in total. The Labute approximate surface area is 120 Å². The summed E-state index contributed by atoms with van der Waals surface area (Å²) in [7, 11) is 0. The van der Waals surface area contributed by atoms with Crippen molar-refractivity contribution in [1.82, 2.24) is 9.80 Å². The van der Waals surface area contributed by atoms with Crippen molar-refractivity contribution in [3.8, 4) is 0 Å². The van der Waals surface area contributed by atoms with Crippen molar-refractivity contribution >= 4 is 0 Å². The molecule has 0 N–H and O–H groups in total. The van der Waals surface area contributed by atoms with Crippen molar-refractivity contribution in [3.05, 3.63) is 0 Å². The van der Waals surface area contributed by atoms with Gasteiger partial charge in [0.1, 0.15) is 0 Å². The lowest BCUT2D eigenvalue weighted by atomic mass is 9.86. The number of nitrogens with zero attached hydrogens (tertiary/aromatic N) is 2. The first-order chi connectivity index (χ1) is 8.60. The first-order valence-electron chi connectivity index (χ1n) is 8.07. The van der Waals surface area contributed by atoms with Crippen LogP contribution in [0.5, 0.6) is 0 Å². The minimum absolute atomic E-state index is 0.350. The lowest BCUT2D eigenvalue weighted by Gasteiger charge is -2.33. The van der Waals surface area contributed by atoms with Crippen molar-refractivity contribution in [2.75, 3.05) is 32.7 Å². The van der Waals surface area contributed by atoms with Gasteiger partial charge in [0.2, 0.25) is 0 Å². The molecule has 2 heteroatoms. The van der Waals surface area contributed by atoms with E-state index in [2.05, 4.69) is 51.3 Å². The summed E-state index contributed by atoms with van der Waals surface area (Å²) in [5.74, 6) is 0. The topological polar surface area (TPSA) is 6.48 Å². The lowest BCUT2D eigenvalue weighted by molar-refractivity contribution is 0.147. The van der Waals surface area contributed by atoms with E-state index >= 15 is 0 Å². The highest BCUT2D eigenvalue weighted by Crippen LogP contribution is 2.41. The molecule has 0 aromatic heterocycles. The third-order valence-electron chi connectivity index (χ3n) is 5.08. The van der Waals surface area contributed by atoms with Gasteiger partial charge in [-0.05, 0) is 70.5 Å². The van der Waals surface area contributed by atoms with Crippen LogP contribution in [-0.4, -0.2) is 48.1 Å². The number of hydrogen-bond donors (Lipinski definition) is 0. The average molecular weight is 266 g/mol. The Morgan fingerprint density at radius 1 is 0.895 bits per heavy atom. The number of rotatable bonds is 2. The van der Waals surface area contributed by atoms with Crippen LogP contribution in [0.3, 0.4) is 0 Å². The van der Waals surface area contributed by atoms with Crippen molar-refractivity contribution < 1.29 is 0 Å². The van der Waals surface area contributed by atoms with Crippen LogP contribution < -0.4 is 0 Å². The minimum Gasteiger partial charge on any atom is -0.303 e. The van der Waals surface area contributed by atoms with E-state index in [1.54, 1.807) is 0 Å². The molecule has 2 heterocycles. The van der Waals surface area contributed by atoms with Gasteiger partial charge in [-0.25, -0.2) is 0 Å². The highest BCUT2D eigenvalue weighted by molar-refractivity contribution is 4.99. The van der Waals surface area contributed by atoms with Crippen LogP contribution in [0.15, 0.2) is 0 Å². The van der Waals surface area contributed by atoms with Gasteiger partial charge < -0.3 is 4.90 Å². The fraction of sp³-hybridized carbons (Fsp3) is 1.00. The first-order valence-corrected chi connectivity index (χ1v) is 8.07. The van der Waals surface area contributed by atoms with E-state index < -0.39 is 0 Å². The largest absolute Gasteiger partial charge is 0.303 e. The zero-order valence-electron chi connectivity index (χ0n) is 14.1. The zero-order valence-corrected chi connectivity index (χ0v) is 14.1. The Kier molecular flexibility index (Phi) is 4.06. The molecule has 0 saturated carbocycles. The third kappa shape index (κ3) is 3.95. The van der Waals surface area contributed by atoms with Crippen molar-refractivity contribution in [1.29, 1.82) is 0 Å². The maximum absolute atomic E-state index is 2.72. The molecule has 1 atom stereocenters. The monoisotopic (exact) mass is 266 g/mol. The molecule has 0 amide bonds. The molecular weight excluding hydrogens is 232 g/mol. The molecule has 0 aromatic rings. The number of hydrogen-bond acceptors (Lipinski definition) is 2. The summed E-state index contributed by atoms with van der Waals surface area (Å²) in [5.41, 5.74) is 1.44. The molecule has 19 heavy (non-hydrogen) atoms. The second-order valence-corrected chi connectivity index (χ2v) is 9.18. The second-order valence-electron chi connectivity index (χ2n) is 9.18. The van der Waals surface area contributed by atoms with Crippen LogP contribution in [0.25, 0.3) is 0 Å². The van der Waals surface area contributed by atoms with E-state index in [9.17, 15) is 0 Å². The highest BCUT2D eigenvalue weighted by atomic mass is 15.2. The predicted molar refractivity (Wildman–Crippen MR) is 83.5 cm³/mol. The molecule has 112 valence electrons. The van der Waals surface area contributed by atoms with Crippen LogP contribution >= 0.6 is 0 Å². The zero-order chi connectivity index (χ0) is 14.3. The summed E-state index contributed by atoms with van der Waals surface area (Å²) in [6.45, 7) is 20.7. The van der Waals surface area contributed by atoms with Gasteiger partial charge in [0, 0.05) is 18.6 Å². The van der Waals surface area contributed by atoms with Crippen molar-refractivity contribution in [2.24, 2.45) is 10.8 Å². The van der Waals surface area contributed by atoms with E-state index in [-0.39, 0.29) is 0 Å². The van der Waals surface area contributed by atoms with Crippen LogP contribution in [0.2, 0.25) is 0 Å². The van der Waals surface area contributed by atoms with Crippen LogP contribution in [0, 0.1) is 10.8 Å². The maximum Gasteiger partial charge on any atom is 0.0125 e. The van der Waals surface area contributed by atoms with Crippen LogP contribution in [-0.2, 0) is 0 Å². The standard InChI is InChI=1S/C17H34N2/c1-15(2,3)7-10-18-11-8-17(13-18)9-12-19(14-17)16(4,5)6/h7-14H2,1-6H3. The van der Waals surface area contributed by atoms with Gasteiger partial charge in [-0.2, -0.15) is 0 Å². The van der Waals surface area contributed by atoms with Crippen LogP contribution in [0.1, 0.15) is 60.8 Å². The molecule has 1 unspecified atom stereocenters. The molecule has 2 fully saturated rings. The summed E-state index contributed by atoms with van der Waals surface area (Å²) in [4.78, 5) is 5.41. The Morgan fingerprint density at radius 3 is 2.05 bits per heavy atom. The summed E-state index contributed by atoms with van der Waals surface area (Å²) in [6.07, 6.45) is 4.16. The Bertz CT molecular complexity index is 310. The summed E-state index contributed by atoms with van der Waals surface area (Å²) in [5, 5.41) is 0. The molecule has 2 aliphatic rings. The van der Waals surface area contributed by atoms with E-state index in [1.807, 2.05) is 0 Å². The second kappa shape index (κ2) is 5.04. The Balaban J connectivity index is 1.85. The van der Waals surface area contributed by atoms with E-state index in [4.69, 9.17) is 0 Å². The normalized spacial score (nSPS) is 30.6. The molecule has 0 radical (unpaired) electrons. The van der Waals surface area contributed by atoms with E-state index in [0.29, 0.717) is 16.4 Å². The molecule has 0 aliphatic carbocycles. The minimum atomic E-state index is 0.350. The van der Waals surface area contributed by atoms with E-state index in [0.717, 1.165) is 0 Å². The fourth-order valence-corrected chi connectivity index (χ4v) is 3.55. The van der Waals surface area contributed by atoms with Crippen LogP contribution in [0.4, 0.5) is 0 Å². The summed E-state index contributed by atoms with van der Waals surface area (Å²) in [6, 6.07) is 0. The van der Waals surface area contributed by atoms with Gasteiger partial charge in [-0.1, -0.05) is 20.8 Å². The number of likely N-dealkylation sites (tertiary alicyclic amines) is 2. The molecule has 1 spiro atoms. The third-order valence-corrected chi connectivity index (χ3v) is 5.08. The van der Waals surface area contributed by atoms with Crippen molar-refractivity contribution in [3.63, 3.8) is 0 Å². The lowest BCUT2D eigenvalue weighted by Crippen LogP contribution is -2.41. The first kappa shape index (κ1) is 15.3. The quantitative estimate of drug-likeness (QED) is 0.753. The molecule has 2 aliphatic heterocycles. The Hall–Kier alpha value is -0.0800. The maximum atomic E-state index is 2.72. The summed E-state index contributed by atoms with van der Waals surface area (Å²) < 4.78 is 0. The predicted octanol–water partition coefficient (Wildman–Crippen LogP) is 3.62. The molecular formula is C17H34N2. The van der Waals surface area contributed by atoms with Gasteiger partial charge >= 0.3 is 0 Å². The molecule has 2 saturated heterocycles. The Morgan fingerprint density at radius 2 is 1.53 bits per heavy atom. The van der Waals surface area contributed by atoms with Gasteiger partial charge in [-0.15, -0.1) is 0 Å². The van der Waals surface area contributed by atoms with Gasteiger partial charge in [-0.3, -0.25) is 4.90 Å². The molecule has 2 rings (SSSR count). The fourth-order valence-electron chi connectivity index (χ4n) is 3.55.